The summed E-state index contributed by atoms with van der Waals surface area (Å²) in [6.07, 6.45) is 4.65. The molecule has 8 nitrogen and oxygen atoms in total. The third kappa shape index (κ3) is 10.1. The van der Waals surface area contributed by atoms with Gasteiger partial charge in [0.1, 0.15) is 0 Å². The van der Waals surface area contributed by atoms with Gasteiger partial charge in [-0.2, -0.15) is 0 Å². The van der Waals surface area contributed by atoms with Crippen LogP contribution in [0.1, 0.15) is 51.7 Å². The number of benzene rings is 2. The maximum Gasteiger partial charge on any atom is 0.258 e. The van der Waals surface area contributed by atoms with Crippen LogP contribution in [0.4, 0.5) is 0 Å². The van der Waals surface area contributed by atoms with E-state index in [2.05, 4.69) is 5.43 Å². The quantitative estimate of drug-likeness (QED) is 0.234. The molecule has 8 heteroatoms. The Hall–Kier alpha value is -3.49. The zero-order valence-corrected chi connectivity index (χ0v) is 22.8. The Morgan fingerprint density at radius 2 is 1.50 bits per heavy atom. The molecule has 0 unspecified atom stereocenters. The highest BCUT2D eigenvalue weighted by molar-refractivity contribution is 5.90. The van der Waals surface area contributed by atoms with Gasteiger partial charge in [-0.05, 0) is 42.2 Å². The molecule has 0 aliphatic heterocycles. The molecule has 2 rings (SSSR count). The SMILES string of the molecule is CC(C)C[C@@H](C(=O)NN(CC(C)C)C(=O)[C@H](N)Cc1ccccc1)[C@H](CC=Cc1ccccc1)C(=O)NO. The lowest BCUT2D eigenvalue weighted by atomic mass is 9.82. The minimum Gasteiger partial charge on any atom is -0.320 e. The number of carbonyl (C=O) groups excluding carboxylic acids is 3. The van der Waals surface area contributed by atoms with E-state index in [0.717, 1.165) is 11.1 Å². The summed E-state index contributed by atoms with van der Waals surface area (Å²) >= 11 is 0. The van der Waals surface area contributed by atoms with E-state index in [-0.39, 0.29) is 24.8 Å². The molecule has 0 bridgehead atoms. The van der Waals surface area contributed by atoms with Crippen LogP contribution in [0.3, 0.4) is 0 Å². The second-order valence-electron chi connectivity index (χ2n) is 10.5. The summed E-state index contributed by atoms with van der Waals surface area (Å²) in [6, 6.07) is 18.2. The molecule has 38 heavy (non-hydrogen) atoms. The first-order valence-electron chi connectivity index (χ1n) is 13.2. The molecule has 5 N–H and O–H groups in total. The number of nitrogens with zero attached hydrogens (tertiary/aromatic N) is 1. The number of hydrogen-bond acceptors (Lipinski definition) is 5. The van der Waals surface area contributed by atoms with Crippen LogP contribution in [0.25, 0.3) is 6.08 Å². The second-order valence-corrected chi connectivity index (χ2v) is 10.5. The maximum absolute atomic E-state index is 13.6. The number of nitrogens with two attached hydrogens (primary N) is 1. The molecule has 206 valence electrons. The van der Waals surface area contributed by atoms with E-state index in [4.69, 9.17) is 5.73 Å². The van der Waals surface area contributed by atoms with Gasteiger partial charge < -0.3 is 5.73 Å². The largest absolute Gasteiger partial charge is 0.320 e. The molecular formula is C30H42N4O4. The molecule has 0 radical (unpaired) electrons. The first-order chi connectivity index (χ1) is 18.1. The van der Waals surface area contributed by atoms with Crippen LogP contribution < -0.4 is 16.6 Å². The lowest BCUT2D eigenvalue weighted by molar-refractivity contribution is -0.148. The van der Waals surface area contributed by atoms with Gasteiger partial charge in [-0.1, -0.05) is 101 Å². The fraction of sp³-hybridized carbons (Fsp3) is 0.433. The minimum absolute atomic E-state index is 0.0667. The Balaban J connectivity index is 2.25. The molecule has 0 saturated heterocycles. The molecule has 2 aromatic rings. The highest BCUT2D eigenvalue weighted by Gasteiger charge is 2.35. The summed E-state index contributed by atoms with van der Waals surface area (Å²) in [5.74, 6) is -2.96. The number of nitrogens with one attached hydrogen (secondary N) is 2. The zero-order chi connectivity index (χ0) is 28.1. The maximum atomic E-state index is 13.6. The molecule has 0 aliphatic rings. The van der Waals surface area contributed by atoms with Crippen molar-refractivity contribution in [1.82, 2.24) is 15.9 Å². The van der Waals surface area contributed by atoms with Crippen molar-refractivity contribution in [2.24, 2.45) is 29.4 Å². The second kappa shape index (κ2) is 15.7. The summed E-state index contributed by atoms with van der Waals surface area (Å²) < 4.78 is 0. The highest BCUT2D eigenvalue weighted by Crippen LogP contribution is 2.26. The average molecular weight is 523 g/mol. The van der Waals surface area contributed by atoms with Crippen molar-refractivity contribution < 1.29 is 19.6 Å². The van der Waals surface area contributed by atoms with E-state index < -0.39 is 35.6 Å². The van der Waals surface area contributed by atoms with Gasteiger partial charge in [0, 0.05) is 6.54 Å². The number of carbonyl (C=O) groups is 3. The summed E-state index contributed by atoms with van der Waals surface area (Å²) in [5, 5.41) is 10.7. The van der Waals surface area contributed by atoms with Gasteiger partial charge in [-0.25, -0.2) is 5.48 Å². The molecule has 0 spiro atoms. The number of hydroxylamine groups is 1. The normalized spacial score (nSPS) is 13.8. The van der Waals surface area contributed by atoms with Crippen molar-refractivity contribution in [1.29, 1.82) is 0 Å². The Morgan fingerprint density at radius 3 is 2.05 bits per heavy atom. The fourth-order valence-corrected chi connectivity index (χ4v) is 4.34. The van der Waals surface area contributed by atoms with Crippen molar-refractivity contribution in [3.05, 3.63) is 77.9 Å². The van der Waals surface area contributed by atoms with E-state index in [1.54, 1.807) is 5.48 Å². The fourth-order valence-electron chi connectivity index (χ4n) is 4.34. The van der Waals surface area contributed by atoms with Crippen LogP contribution in [-0.4, -0.2) is 40.5 Å². The van der Waals surface area contributed by atoms with Crippen molar-refractivity contribution in [2.45, 2.75) is 53.0 Å². The van der Waals surface area contributed by atoms with E-state index in [9.17, 15) is 19.6 Å². The smallest absolute Gasteiger partial charge is 0.258 e. The standard InChI is InChI=1S/C30H42N4O4/c1-21(2)18-26(25(29(36)33-38)17-11-16-23-12-7-5-8-13-23)28(35)32-34(20-22(3)4)30(37)27(31)19-24-14-9-6-10-15-24/h5-16,21-22,25-27,38H,17-20,31H2,1-4H3,(H,32,35)(H,33,36)/t25-,26+,27+/m0/s1. The molecule has 0 saturated carbocycles. The average Bonchev–Trinajstić information content (AvgIpc) is 2.89. The molecule has 0 fully saturated rings. The molecule has 2 aromatic carbocycles. The van der Waals surface area contributed by atoms with Gasteiger partial charge in [-0.3, -0.25) is 30.0 Å². The first kappa shape index (κ1) is 30.7. The van der Waals surface area contributed by atoms with E-state index in [0.29, 0.717) is 12.8 Å². The van der Waals surface area contributed by atoms with E-state index in [1.807, 2.05) is 101 Å². The summed E-state index contributed by atoms with van der Waals surface area (Å²) in [7, 11) is 0. The Labute approximate surface area is 226 Å². The van der Waals surface area contributed by atoms with Crippen LogP contribution in [0.5, 0.6) is 0 Å². The third-order valence-electron chi connectivity index (χ3n) is 6.17. The van der Waals surface area contributed by atoms with Gasteiger partial charge in [-0.15, -0.1) is 0 Å². The van der Waals surface area contributed by atoms with E-state index in [1.165, 1.54) is 5.01 Å². The minimum atomic E-state index is -0.842. The van der Waals surface area contributed by atoms with Crippen LogP contribution in [0, 0.1) is 23.7 Å². The van der Waals surface area contributed by atoms with Gasteiger partial charge in [0.25, 0.3) is 5.91 Å². The van der Waals surface area contributed by atoms with Gasteiger partial charge in [0.05, 0.1) is 17.9 Å². The van der Waals surface area contributed by atoms with Crippen LogP contribution in [0.2, 0.25) is 0 Å². The Kier molecular flexibility index (Phi) is 12.7. The van der Waals surface area contributed by atoms with Gasteiger partial charge in [0.15, 0.2) is 0 Å². The van der Waals surface area contributed by atoms with Crippen molar-refractivity contribution in [3.63, 3.8) is 0 Å². The summed E-state index contributed by atoms with van der Waals surface area (Å²) in [4.78, 5) is 39.6. The third-order valence-corrected chi connectivity index (χ3v) is 6.17. The molecule has 0 aliphatic carbocycles. The number of allylic oxidation sites excluding steroid dienone is 1. The molecule has 3 amide bonds. The number of rotatable bonds is 13. The predicted molar refractivity (Wildman–Crippen MR) is 149 cm³/mol. The number of hydrazine groups is 1. The number of hydrogen-bond donors (Lipinski definition) is 4. The molecule has 3 atom stereocenters. The molecule has 0 heterocycles. The van der Waals surface area contributed by atoms with Crippen molar-refractivity contribution in [2.75, 3.05) is 6.54 Å². The van der Waals surface area contributed by atoms with Crippen LogP contribution >= 0.6 is 0 Å². The predicted octanol–water partition coefficient (Wildman–Crippen LogP) is 3.96. The molecular weight excluding hydrogens is 480 g/mol. The molecule has 0 aromatic heterocycles. The van der Waals surface area contributed by atoms with E-state index >= 15 is 0 Å². The summed E-state index contributed by atoms with van der Waals surface area (Å²) in [5.41, 5.74) is 12.6. The van der Waals surface area contributed by atoms with Gasteiger partial charge >= 0.3 is 0 Å². The van der Waals surface area contributed by atoms with Crippen LogP contribution in [-0.2, 0) is 20.8 Å². The lowest BCUT2D eigenvalue weighted by Crippen LogP contribution is -2.56. The lowest BCUT2D eigenvalue weighted by Gasteiger charge is -2.32. The summed E-state index contributed by atoms with van der Waals surface area (Å²) in [6.45, 7) is 8.07. The first-order valence-corrected chi connectivity index (χ1v) is 13.2. The topological polar surface area (TPSA) is 125 Å². The number of amides is 3. The van der Waals surface area contributed by atoms with Crippen molar-refractivity contribution >= 4 is 23.8 Å². The van der Waals surface area contributed by atoms with Crippen molar-refractivity contribution in [3.8, 4) is 0 Å². The van der Waals surface area contributed by atoms with Crippen LogP contribution in [0.15, 0.2) is 66.7 Å². The zero-order valence-electron chi connectivity index (χ0n) is 22.8. The van der Waals surface area contributed by atoms with Gasteiger partial charge in [0.2, 0.25) is 11.8 Å². The Morgan fingerprint density at radius 1 is 0.895 bits per heavy atom. The Bertz CT molecular complexity index is 1040. The highest BCUT2D eigenvalue weighted by atomic mass is 16.5. The monoisotopic (exact) mass is 522 g/mol.